The summed E-state index contributed by atoms with van der Waals surface area (Å²) < 4.78 is 5.22. The van der Waals surface area contributed by atoms with Crippen LogP contribution >= 0.6 is 11.6 Å². The molecule has 2 rings (SSSR count). The van der Waals surface area contributed by atoms with Gasteiger partial charge < -0.3 is 25.5 Å². The number of nitrogens with one attached hydrogen (secondary N) is 1. The van der Waals surface area contributed by atoms with Crippen molar-refractivity contribution in [2.24, 2.45) is 16.6 Å². The van der Waals surface area contributed by atoms with E-state index in [1.807, 2.05) is 0 Å². The number of carbonyl (C=O) groups is 4. The first-order valence-electron chi connectivity index (χ1n) is 12.0. The Balaban J connectivity index is 2.03. The number of aliphatic imine (C=N–C) groups is 1. The molecule has 0 saturated heterocycles. The molecule has 0 bridgehead atoms. The Hall–Kier alpha value is -2.78. The summed E-state index contributed by atoms with van der Waals surface area (Å²) in [6, 6.07) is 6.02. The highest BCUT2D eigenvalue weighted by atomic mass is 35.5. The number of hydrogen-bond acceptors (Lipinski definition) is 6. The molecule has 0 heterocycles. The highest BCUT2D eigenvalue weighted by Crippen LogP contribution is 2.27. The predicted molar refractivity (Wildman–Crippen MR) is 134 cm³/mol. The van der Waals surface area contributed by atoms with Crippen LogP contribution < -0.4 is 11.1 Å². The van der Waals surface area contributed by atoms with Crippen molar-refractivity contribution < 1.29 is 23.9 Å². The molecule has 0 spiro atoms. The van der Waals surface area contributed by atoms with E-state index in [0.717, 1.165) is 32.1 Å². The summed E-state index contributed by atoms with van der Waals surface area (Å²) in [6.07, 6.45) is 5.42. The number of halogens is 1. The Kier molecular flexibility index (Phi) is 12.4. The molecule has 1 aliphatic carbocycles. The number of hydrogen-bond donors (Lipinski definition) is 2. The van der Waals surface area contributed by atoms with Crippen molar-refractivity contribution >= 4 is 41.5 Å². The molecular weight excluding hydrogens is 472 g/mol. The first-order chi connectivity index (χ1) is 16.8. The molecule has 1 fully saturated rings. The van der Waals surface area contributed by atoms with E-state index in [2.05, 4.69) is 10.3 Å². The van der Waals surface area contributed by atoms with Gasteiger partial charge >= 0.3 is 6.09 Å². The third kappa shape index (κ3) is 10.6. The Morgan fingerprint density at radius 2 is 2.03 bits per heavy atom. The highest BCUT2D eigenvalue weighted by Gasteiger charge is 2.24. The van der Waals surface area contributed by atoms with Gasteiger partial charge in [-0.1, -0.05) is 55.8 Å². The molecule has 0 unspecified atom stereocenters. The fraction of sp³-hybridized carbons (Fsp3) is 0.560. The molecule has 1 aromatic rings. The van der Waals surface area contributed by atoms with Crippen LogP contribution in [0.5, 0.6) is 0 Å². The molecule has 1 aromatic carbocycles. The number of rotatable bonds is 12. The van der Waals surface area contributed by atoms with Gasteiger partial charge in [-0.3, -0.25) is 9.59 Å². The van der Waals surface area contributed by atoms with Crippen LogP contribution in [0, 0.1) is 5.92 Å². The summed E-state index contributed by atoms with van der Waals surface area (Å²) in [5, 5.41) is 3.13. The third-order valence-corrected chi connectivity index (χ3v) is 6.22. The van der Waals surface area contributed by atoms with E-state index in [0.29, 0.717) is 36.4 Å². The minimum Gasteiger partial charge on any atom is -0.443 e. The molecule has 192 valence electrons. The van der Waals surface area contributed by atoms with Gasteiger partial charge in [-0.25, -0.2) is 4.79 Å². The van der Waals surface area contributed by atoms with Gasteiger partial charge in [-0.15, -0.1) is 0 Å². The van der Waals surface area contributed by atoms with Crippen LogP contribution in [0.1, 0.15) is 56.9 Å². The van der Waals surface area contributed by atoms with Crippen molar-refractivity contribution in [3.05, 3.63) is 34.9 Å². The predicted octanol–water partition coefficient (Wildman–Crippen LogP) is 3.27. The van der Waals surface area contributed by atoms with Gasteiger partial charge in [0, 0.05) is 31.6 Å². The molecule has 0 aromatic heterocycles. The molecule has 0 radical (unpaired) electrons. The molecule has 3 amide bonds. The maximum atomic E-state index is 13.0. The Labute approximate surface area is 211 Å². The van der Waals surface area contributed by atoms with Gasteiger partial charge in [0.05, 0.1) is 6.04 Å². The SMILES string of the molecule is CN(CCN)C(=O)CC[C@@H](C=O)NC(=O)/C(CC1CCCCC1)=N/C(=O)OCc1cccc(Cl)c1. The number of benzene rings is 1. The standard InChI is InChI=1S/C25H35ClN4O5/c1-30(13-12-27)23(32)11-10-21(16-31)28-24(33)22(15-18-6-3-2-4-7-18)29-25(34)35-17-19-8-5-9-20(26)14-19/h5,8-9,14,16,18,21H,2-4,6-7,10-13,15,17,27H2,1H3,(H,28,33)/b29-22+/t21-/m0/s1. The maximum Gasteiger partial charge on any atom is 0.434 e. The minimum absolute atomic E-state index is 0.0311. The first-order valence-corrected chi connectivity index (χ1v) is 12.4. The summed E-state index contributed by atoms with van der Waals surface area (Å²) in [7, 11) is 1.63. The van der Waals surface area contributed by atoms with Crippen LogP contribution in [0.25, 0.3) is 0 Å². The molecule has 1 aliphatic rings. The van der Waals surface area contributed by atoms with E-state index in [1.54, 1.807) is 31.3 Å². The van der Waals surface area contributed by atoms with Crippen LogP contribution in [0.3, 0.4) is 0 Å². The molecule has 10 heteroatoms. The van der Waals surface area contributed by atoms with E-state index in [4.69, 9.17) is 22.1 Å². The van der Waals surface area contributed by atoms with Crippen LogP contribution in [0.4, 0.5) is 4.79 Å². The summed E-state index contributed by atoms with van der Waals surface area (Å²) in [5.74, 6) is -0.539. The number of amides is 3. The molecule has 1 atom stereocenters. The summed E-state index contributed by atoms with van der Waals surface area (Å²) in [6.45, 7) is 0.716. The zero-order chi connectivity index (χ0) is 25.6. The normalized spacial score (nSPS) is 15.2. The fourth-order valence-electron chi connectivity index (χ4n) is 3.98. The van der Waals surface area contributed by atoms with Crippen LogP contribution in [0.15, 0.2) is 29.3 Å². The maximum absolute atomic E-state index is 13.0. The lowest BCUT2D eigenvalue weighted by Crippen LogP contribution is -2.42. The van der Waals surface area contributed by atoms with Gasteiger partial charge in [0.2, 0.25) is 5.91 Å². The zero-order valence-electron chi connectivity index (χ0n) is 20.2. The van der Waals surface area contributed by atoms with E-state index < -0.39 is 18.0 Å². The topological polar surface area (TPSA) is 131 Å². The fourth-order valence-corrected chi connectivity index (χ4v) is 4.20. The first kappa shape index (κ1) is 28.5. The largest absolute Gasteiger partial charge is 0.443 e. The number of carbonyl (C=O) groups excluding carboxylic acids is 4. The van der Waals surface area contributed by atoms with Crippen molar-refractivity contribution in [3.8, 4) is 0 Å². The second kappa shape index (κ2) is 15.3. The molecule has 0 aliphatic heterocycles. The Bertz CT molecular complexity index is 902. The second-order valence-electron chi connectivity index (χ2n) is 8.81. The van der Waals surface area contributed by atoms with E-state index in [1.165, 1.54) is 4.90 Å². The zero-order valence-corrected chi connectivity index (χ0v) is 21.0. The summed E-state index contributed by atoms with van der Waals surface area (Å²) >= 11 is 5.96. The van der Waals surface area contributed by atoms with Crippen molar-refractivity contribution in [2.75, 3.05) is 20.1 Å². The van der Waals surface area contributed by atoms with Gasteiger partial charge in [0.25, 0.3) is 5.91 Å². The highest BCUT2D eigenvalue weighted by molar-refractivity contribution is 6.40. The Morgan fingerprint density at radius 3 is 2.69 bits per heavy atom. The van der Waals surface area contributed by atoms with Crippen LogP contribution in [-0.4, -0.2) is 61.0 Å². The lowest BCUT2D eigenvalue weighted by Gasteiger charge is -2.22. The molecule has 9 nitrogen and oxygen atoms in total. The van der Waals surface area contributed by atoms with Gasteiger partial charge in [0.1, 0.15) is 18.6 Å². The average molecular weight is 507 g/mol. The Morgan fingerprint density at radius 1 is 1.29 bits per heavy atom. The van der Waals surface area contributed by atoms with Crippen molar-refractivity contribution in [3.63, 3.8) is 0 Å². The molecule has 1 saturated carbocycles. The second-order valence-corrected chi connectivity index (χ2v) is 9.25. The summed E-state index contributed by atoms with van der Waals surface area (Å²) in [4.78, 5) is 54.5. The van der Waals surface area contributed by atoms with Crippen LogP contribution in [0.2, 0.25) is 5.02 Å². The van der Waals surface area contributed by atoms with E-state index >= 15 is 0 Å². The van der Waals surface area contributed by atoms with Crippen LogP contribution in [-0.2, 0) is 25.7 Å². The third-order valence-electron chi connectivity index (χ3n) is 5.99. The molecule has 35 heavy (non-hydrogen) atoms. The quantitative estimate of drug-likeness (QED) is 0.330. The van der Waals surface area contributed by atoms with Gasteiger partial charge in [-0.05, 0) is 36.5 Å². The average Bonchev–Trinajstić information content (AvgIpc) is 2.85. The lowest BCUT2D eigenvalue weighted by atomic mass is 9.85. The van der Waals surface area contributed by atoms with Crippen molar-refractivity contribution in [2.45, 2.75) is 64.0 Å². The number of nitrogens with two attached hydrogens (primary N) is 1. The van der Waals surface area contributed by atoms with Crippen molar-refractivity contribution in [1.82, 2.24) is 10.2 Å². The van der Waals surface area contributed by atoms with Crippen molar-refractivity contribution in [1.29, 1.82) is 0 Å². The number of nitrogens with zero attached hydrogens (tertiary/aromatic N) is 2. The van der Waals surface area contributed by atoms with E-state index in [9.17, 15) is 19.2 Å². The number of aldehydes is 1. The smallest absolute Gasteiger partial charge is 0.434 e. The molecule has 3 N–H and O–H groups in total. The van der Waals surface area contributed by atoms with E-state index in [-0.39, 0.29) is 37.0 Å². The monoisotopic (exact) mass is 506 g/mol. The lowest BCUT2D eigenvalue weighted by molar-refractivity contribution is -0.130. The summed E-state index contributed by atoms with van der Waals surface area (Å²) in [5.41, 5.74) is 6.19. The van der Waals surface area contributed by atoms with Gasteiger partial charge in [0.15, 0.2) is 0 Å². The molecular formula is C25H35ClN4O5. The number of likely N-dealkylation sites (N-methyl/N-ethyl adjacent to an activating group) is 1. The minimum atomic E-state index is -0.882. The van der Waals surface area contributed by atoms with Gasteiger partial charge in [-0.2, -0.15) is 4.99 Å². The number of ether oxygens (including phenoxy) is 1.